The number of halogens is 2. The van der Waals surface area contributed by atoms with E-state index in [0.717, 1.165) is 106 Å². The molecule has 1 saturated heterocycles. The average Bonchev–Trinajstić information content (AvgIpc) is 4.54. The molecule has 1 fully saturated rings. The molecule has 83 heavy (non-hydrogen) atoms. The monoisotopic (exact) mass is 1120 g/mol. The van der Waals surface area contributed by atoms with Crippen LogP contribution in [-0.2, 0) is 30.7 Å². The largest absolute Gasteiger partial charge is 0.378 e. The molecule has 2 N–H and O–H groups in total. The van der Waals surface area contributed by atoms with Crippen molar-refractivity contribution < 1.29 is 23.1 Å². The first-order valence-electron chi connectivity index (χ1n) is 28.4. The van der Waals surface area contributed by atoms with Crippen LogP contribution in [0.15, 0.2) is 146 Å². The Morgan fingerprint density at radius 2 is 0.940 bits per heavy atom. The Balaban J connectivity index is 0.000000185. The fourth-order valence-electron chi connectivity index (χ4n) is 10.4. The lowest BCUT2D eigenvalue weighted by Crippen LogP contribution is -2.41. The first kappa shape index (κ1) is 56.9. The van der Waals surface area contributed by atoms with E-state index in [9.17, 15) is 18.4 Å². The van der Waals surface area contributed by atoms with Crippen LogP contribution in [0.3, 0.4) is 0 Å². The van der Waals surface area contributed by atoms with Crippen LogP contribution in [0.5, 0.6) is 0 Å². The minimum atomic E-state index is -0.327. The minimum absolute atomic E-state index is 0.0733. The molecule has 19 heteroatoms. The molecule has 1 aliphatic rings. The second-order valence-electron chi connectivity index (χ2n) is 20.2. The lowest BCUT2D eigenvalue weighted by atomic mass is 9.98. The summed E-state index contributed by atoms with van der Waals surface area (Å²) in [5.74, 6) is 2.11. The molecule has 0 unspecified atom stereocenters. The third-order valence-electron chi connectivity index (χ3n) is 14.9. The maximum absolute atomic E-state index is 14.1. The highest BCUT2D eigenvalue weighted by Crippen LogP contribution is 2.34. The van der Waals surface area contributed by atoms with Crippen molar-refractivity contribution in [2.45, 2.75) is 79.3 Å². The number of ether oxygens (including phenoxy) is 1. The van der Waals surface area contributed by atoms with E-state index >= 15 is 0 Å². The Morgan fingerprint density at radius 1 is 0.530 bits per heavy atom. The van der Waals surface area contributed by atoms with Crippen LogP contribution >= 0.6 is 0 Å². The molecule has 17 nitrogen and oxygen atoms in total. The molecule has 4 aromatic heterocycles. The van der Waals surface area contributed by atoms with Crippen molar-refractivity contribution >= 4 is 11.8 Å². The Morgan fingerprint density at radius 3 is 1.35 bits per heavy atom. The first-order chi connectivity index (χ1) is 40.7. The number of H-pyrrole nitrogens is 2. The summed E-state index contributed by atoms with van der Waals surface area (Å²) in [7, 11) is 0. The summed E-state index contributed by atoms with van der Waals surface area (Å²) in [5, 5.41) is 28.7. The molecular weight excluding hydrogens is 1050 g/mol. The van der Waals surface area contributed by atoms with Crippen LogP contribution in [-0.4, -0.2) is 121 Å². The van der Waals surface area contributed by atoms with E-state index < -0.39 is 0 Å². The van der Waals surface area contributed by atoms with Gasteiger partial charge in [0.25, 0.3) is 11.8 Å². The van der Waals surface area contributed by atoms with Gasteiger partial charge in [-0.05, 0) is 129 Å². The van der Waals surface area contributed by atoms with Gasteiger partial charge < -0.3 is 23.7 Å². The Hall–Kier alpha value is -9.36. The number of rotatable bonds is 20. The molecule has 2 amide bonds. The second-order valence-corrected chi connectivity index (χ2v) is 20.2. The van der Waals surface area contributed by atoms with Gasteiger partial charge in [-0.2, -0.15) is 0 Å². The van der Waals surface area contributed by atoms with Crippen LogP contribution in [0.4, 0.5) is 8.78 Å². The maximum atomic E-state index is 14.1. The van der Waals surface area contributed by atoms with Gasteiger partial charge in [0.2, 0.25) is 0 Å². The molecule has 0 atom stereocenters. The number of morpholine rings is 1. The number of nitrogens with zero attached hydrogens (tertiary/aromatic N) is 12. The number of aromatic nitrogens is 12. The van der Waals surface area contributed by atoms with Crippen molar-refractivity contribution in [3.05, 3.63) is 191 Å². The van der Waals surface area contributed by atoms with Crippen molar-refractivity contribution in [2.75, 3.05) is 39.4 Å². The fourth-order valence-corrected chi connectivity index (χ4v) is 10.4. The smallest absolute Gasteiger partial charge is 0.272 e. The first-order valence-corrected chi connectivity index (χ1v) is 28.4. The van der Waals surface area contributed by atoms with Gasteiger partial charge in [-0.15, -0.1) is 10.2 Å². The quantitative estimate of drug-likeness (QED) is 0.0737. The second kappa shape index (κ2) is 26.9. The Kier molecular flexibility index (Phi) is 18.5. The fraction of sp³-hybridized carbons (Fsp3) is 0.281. The molecular formula is C64H66F2N14O3. The number of unbranched alkanes of at least 4 members (excludes halogenated alkanes) is 2. The average molecular weight is 1120 g/mol. The Bertz CT molecular complexity index is 3720. The van der Waals surface area contributed by atoms with E-state index in [1.807, 2.05) is 72.2 Å². The summed E-state index contributed by atoms with van der Waals surface area (Å²) in [4.78, 5) is 41.6. The van der Waals surface area contributed by atoms with Crippen molar-refractivity contribution in [2.24, 2.45) is 0 Å². The zero-order valence-electron chi connectivity index (χ0n) is 47.1. The van der Waals surface area contributed by atoms with E-state index in [2.05, 4.69) is 113 Å². The van der Waals surface area contributed by atoms with Gasteiger partial charge in [-0.1, -0.05) is 124 Å². The lowest BCUT2D eigenvalue weighted by molar-refractivity contribution is 0.0296. The van der Waals surface area contributed by atoms with Crippen LogP contribution in [0.1, 0.15) is 97.1 Å². The zero-order valence-corrected chi connectivity index (χ0v) is 47.1. The molecule has 424 valence electrons. The predicted molar refractivity (Wildman–Crippen MR) is 315 cm³/mol. The highest BCUT2D eigenvalue weighted by atomic mass is 19.1. The number of carbonyl (C=O) groups excluding carboxylic acids is 2. The van der Waals surface area contributed by atoms with E-state index in [1.165, 1.54) is 24.3 Å². The summed E-state index contributed by atoms with van der Waals surface area (Å²) in [6, 6.07) is 45.0. The number of aromatic amines is 2. The molecule has 0 saturated carbocycles. The third-order valence-corrected chi connectivity index (χ3v) is 14.9. The van der Waals surface area contributed by atoms with Crippen molar-refractivity contribution in [3.8, 4) is 67.5 Å². The zero-order chi connectivity index (χ0) is 57.7. The summed E-state index contributed by atoms with van der Waals surface area (Å²) in [5.41, 5.74) is 11.7. The molecule has 0 aliphatic carbocycles. The molecule has 11 rings (SSSR count). The third kappa shape index (κ3) is 13.1. The number of aryl methyl sites for hydroxylation is 2. The number of nitrogens with one attached hydrogen (secondary N) is 2. The van der Waals surface area contributed by atoms with Crippen molar-refractivity contribution in [3.63, 3.8) is 0 Å². The highest BCUT2D eigenvalue weighted by Gasteiger charge is 2.30. The molecule has 6 aromatic carbocycles. The number of benzene rings is 6. The number of tetrazole rings is 2. The van der Waals surface area contributed by atoms with Gasteiger partial charge >= 0.3 is 0 Å². The molecule has 1 aliphatic heterocycles. The van der Waals surface area contributed by atoms with Crippen LogP contribution in [0, 0.1) is 11.6 Å². The van der Waals surface area contributed by atoms with Gasteiger partial charge in [0.05, 0.1) is 13.2 Å². The van der Waals surface area contributed by atoms with Crippen LogP contribution < -0.4 is 0 Å². The van der Waals surface area contributed by atoms with Gasteiger partial charge in [0.15, 0.2) is 11.6 Å². The van der Waals surface area contributed by atoms with E-state index in [-0.39, 0.29) is 23.4 Å². The molecule has 10 aromatic rings. The SMILES string of the molecule is CCCCc1nc(-c2ccc(F)cc2)c(C(=O)N(CC)CC)n1Cc1ccc(-c2ccccc2-c2nnn[nH]2)cc1.CCCCc1nc(-c2ccc(F)cc2)c(C(=O)N2CCOCC2)n1Cc1ccc(-c2ccccc2-c2nnn[nH]2)cc1. The van der Waals surface area contributed by atoms with Gasteiger partial charge in [0.1, 0.15) is 46.1 Å². The lowest BCUT2D eigenvalue weighted by Gasteiger charge is -2.27. The van der Waals surface area contributed by atoms with Gasteiger partial charge in [-0.3, -0.25) is 9.59 Å². The number of imidazole rings is 2. The van der Waals surface area contributed by atoms with Gasteiger partial charge in [0, 0.05) is 74.4 Å². The van der Waals surface area contributed by atoms with Gasteiger partial charge in [-0.25, -0.2) is 28.9 Å². The van der Waals surface area contributed by atoms with E-state index in [0.29, 0.717) is 86.9 Å². The highest BCUT2D eigenvalue weighted by molar-refractivity contribution is 5.99. The predicted octanol–water partition coefficient (Wildman–Crippen LogP) is 11.8. The molecule has 0 radical (unpaired) electrons. The maximum Gasteiger partial charge on any atom is 0.272 e. The summed E-state index contributed by atoms with van der Waals surface area (Å²) in [6.07, 6.45) is 5.38. The number of carbonyl (C=O) groups is 2. The van der Waals surface area contributed by atoms with Crippen LogP contribution in [0.25, 0.3) is 67.5 Å². The minimum Gasteiger partial charge on any atom is -0.378 e. The number of hydrogen-bond donors (Lipinski definition) is 2. The van der Waals surface area contributed by atoms with Crippen molar-refractivity contribution in [1.82, 2.24) is 70.2 Å². The van der Waals surface area contributed by atoms with Crippen molar-refractivity contribution in [1.29, 1.82) is 0 Å². The Labute approximate surface area is 480 Å². The molecule has 5 heterocycles. The summed E-state index contributed by atoms with van der Waals surface area (Å²) in [6.45, 7) is 12.4. The number of amides is 2. The van der Waals surface area contributed by atoms with E-state index in [4.69, 9.17) is 14.7 Å². The number of hydrogen-bond acceptors (Lipinski definition) is 11. The normalized spacial score (nSPS) is 12.3. The van der Waals surface area contributed by atoms with Crippen LogP contribution in [0.2, 0.25) is 0 Å². The summed E-state index contributed by atoms with van der Waals surface area (Å²) < 4.78 is 37.2. The van der Waals surface area contributed by atoms with E-state index in [1.54, 1.807) is 24.3 Å². The topological polar surface area (TPSA) is 194 Å². The summed E-state index contributed by atoms with van der Waals surface area (Å²) >= 11 is 0. The molecule has 0 bridgehead atoms. The standard InChI is InChI=1S/C32H32FN7O2.C32H34FN7O/c1-2-3-8-28-34-29(24-13-15-25(33)16-14-24)30(32(41)39-17-19-42-20-18-39)40(28)21-22-9-11-23(12-10-22)26-6-4-5-7-27(26)31-35-37-38-36-31;1-4-7-12-28-34-29(24-17-19-25(33)20-18-24)30(32(41)39(5-2)6-3)40(28)21-22-13-15-23(16-14-22)26-10-8-9-11-27(26)31-35-37-38-36-31/h4-7,9-16H,2-3,8,17-21H2,1H3,(H,35,36,37,38);8-11,13-20H,4-7,12,21H2,1-3H3,(H,35,36,37,38). The molecule has 0 spiro atoms.